The van der Waals surface area contributed by atoms with Crippen LogP contribution in [0, 0.1) is 99.0 Å². The minimum Gasteiger partial charge on any atom is -0.504 e. The van der Waals surface area contributed by atoms with Crippen molar-refractivity contribution in [3.05, 3.63) is 139 Å². The highest BCUT2D eigenvalue weighted by Gasteiger charge is 2.71. The third-order valence-electron chi connectivity index (χ3n) is 34.8. The number of carbonyl (C=O) groups is 5. The van der Waals surface area contributed by atoms with Crippen LogP contribution in [0.5, 0.6) is 0 Å². The maximum atomic E-state index is 13.3. The number of amides is 1. The van der Waals surface area contributed by atoms with Gasteiger partial charge in [-0.25, -0.2) is 0 Å². The van der Waals surface area contributed by atoms with Crippen LogP contribution < -0.4 is 0 Å². The largest absolute Gasteiger partial charge is 0.504 e. The molecule has 0 saturated heterocycles. The minimum absolute atomic E-state index is 0.0000746. The van der Waals surface area contributed by atoms with Gasteiger partial charge in [-0.3, -0.25) is 24.0 Å². The molecule has 9 saturated carbocycles. The van der Waals surface area contributed by atoms with Gasteiger partial charge in [0.2, 0.25) is 23.3 Å². The van der Waals surface area contributed by atoms with Gasteiger partial charge >= 0.3 is 5.97 Å². The summed E-state index contributed by atoms with van der Waals surface area (Å²) in [4.78, 5) is 67.6. The Bertz CT molecular complexity index is 4170. The van der Waals surface area contributed by atoms with E-state index < -0.39 is 11.4 Å². The Morgan fingerprint density at radius 2 is 0.686 bits per heavy atom. The highest BCUT2D eigenvalue weighted by atomic mass is 16.4. The van der Waals surface area contributed by atoms with Gasteiger partial charge in [0.05, 0.1) is 5.41 Å². The molecule has 0 aliphatic heterocycles. The third kappa shape index (κ3) is 10.1. The van der Waals surface area contributed by atoms with Crippen LogP contribution in [-0.4, -0.2) is 94.2 Å². The Hall–Kier alpha value is -5.81. The monoisotopic (exact) mass is 1390 g/mol. The maximum Gasteiger partial charge on any atom is 0.309 e. The zero-order valence-corrected chi connectivity index (χ0v) is 66.7. The van der Waals surface area contributed by atoms with Gasteiger partial charge < -0.3 is 30.2 Å². The molecule has 15 aliphatic carbocycles. The van der Waals surface area contributed by atoms with Crippen molar-refractivity contribution in [2.24, 2.45) is 99.0 Å². The molecule has 4 N–H and O–H groups in total. The average Bonchev–Trinajstić information content (AvgIpc) is 0.688. The van der Waals surface area contributed by atoms with Gasteiger partial charge in [-0.05, 0) is 300 Å². The Kier molecular flexibility index (Phi) is 17.0. The van der Waals surface area contributed by atoms with Crippen molar-refractivity contribution in [3.8, 4) is 0 Å². The van der Waals surface area contributed by atoms with Gasteiger partial charge in [-0.1, -0.05) is 150 Å². The van der Waals surface area contributed by atoms with Crippen molar-refractivity contribution < 1.29 is 44.4 Å². The molecule has 1 amide bonds. The first kappa shape index (κ1) is 74.5. The molecule has 15 aliphatic rings. The quantitative estimate of drug-likeness (QED) is 0.212. The average molecular weight is 1390 g/mol. The van der Waals surface area contributed by atoms with E-state index in [0.29, 0.717) is 39.7 Å². The van der Waals surface area contributed by atoms with E-state index in [1.807, 2.05) is 41.8 Å². The summed E-state index contributed by atoms with van der Waals surface area (Å²) in [5, 5.41) is 41.0. The van der Waals surface area contributed by atoms with Crippen LogP contribution in [-0.2, 0) is 24.0 Å². The summed E-state index contributed by atoms with van der Waals surface area (Å²) in [6, 6.07) is 0. The molecular weight excluding hydrogens is 1270 g/mol. The van der Waals surface area contributed by atoms with E-state index in [1.54, 1.807) is 23.1 Å². The summed E-state index contributed by atoms with van der Waals surface area (Å²) < 4.78 is 0. The SMILES string of the molecule is CC1=C(O)C(=O)C=C2C1=CC=C1[C@@]2(C)CC[C@@]2(C)[C@@H]3C[C@](C)(C(=O)N(C)C)CC[C@]3(C)CC[C@]12C.CC1=C(O)C(=O)C=C2C1=CC=C1[C@@]2(C)CC[C@@]2(C)[C@@H]3C[C@](C)(C(=O)O)CC[C@]3(C)CC[C@]12C.CC1=C(O)C(=O)C=C2C1=CC=C1[C@@]2(C)CC[C@@]2(C)[C@@H]3C[C@](C)(CN(C)C)CC[C@]3(C)CC[C@]12C. The van der Waals surface area contributed by atoms with Crippen molar-refractivity contribution in [1.82, 2.24) is 9.80 Å². The number of aliphatic hydroxyl groups is 3. The minimum atomic E-state index is -0.655. The molecule has 9 fully saturated rings. The first-order valence-electron chi connectivity index (χ1n) is 39.4. The van der Waals surface area contributed by atoms with Crippen molar-refractivity contribution in [2.45, 2.75) is 259 Å². The number of hydrogen-bond donors (Lipinski definition) is 4. The fourth-order valence-corrected chi connectivity index (χ4v) is 27.3. The number of hydrogen-bond acceptors (Lipinski definition) is 9. The number of rotatable bonds is 4. The Morgan fingerprint density at radius 3 is 1.00 bits per heavy atom. The third-order valence-corrected chi connectivity index (χ3v) is 34.8. The predicted octanol–water partition coefficient (Wildman–Crippen LogP) is 20.6. The summed E-state index contributed by atoms with van der Waals surface area (Å²) in [5.74, 6) is 0.0219. The van der Waals surface area contributed by atoms with E-state index in [1.165, 1.54) is 68.2 Å². The standard InChI is InChI=1S/C31H43NO3.C31H45NO2.C29H38O4/c1-19-20-9-10-23-29(4,21(20)17-22(33)25(19)34)14-16-31(6)24-18-28(3,26(35)32(7)8)12-11-27(24,2)13-15-30(23,31)5;1-20-21-9-10-24-29(4,22(21)17-23(33)26(20)34)14-16-31(6)25-18-27(2,19-32(7)8)11-12-28(25,3)13-15-30(24,31)5;1-17-18-7-8-21-27(4,19(18)15-20(30)23(17)31)12-14-29(6)22-16-26(3,24(32)33)10-9-25(22,2)11-13-28(21,29)5/h9-10,17,24,34H,11-16,18H2,1-8H3;9-10,17,25,34H,11-16,18-19H2,1-8H3;7-8,15,22,31H,9-14,16H2,1-6H3,(H,32,33)/t24-,27-,28-,29+,30-,31+;25-,27-,28-,29+,30-,31+;22-,25-,26-,27+,28-,29+/m111/s1. The van der Waals surface area contributed by atoms with Gasteiger partial charge in [0.15, 0.2) is 17.3 Å². The lowest BCUT2D eigenvalue weighted by atomic mass is 9.34. The molecule has 554 valence electrons. The van der Waals surface area contributed by atoms with Crippen molar-refractivity contribution in [3.63, 3.8) is 0 Å². The highest BCUT2D eigenvalue weighted by Crippen LogP contribution is 2.80. The maximum absolute atomic E-state index is 13.3. The molecule has 11 heteroatoms. The molecule has 0 spiro atoms. The summed E-state index contributed by atoms with van der Waals surface area (Å²) in [6.45, 7) is 42.9. The first-order chi connectivity index (χ1) is 47.0. The Labute approximate surface area is 612 Å². The van der Waals surface area contributed by atoms with Crippen molar-refractivity contribution in [1.29, 1.82) is 0 Å². The lowest BCUT2D eigenvalue weighted by molar-refractivity contribution is -0.178. The second-order valence-corrected chi connectivity index (χ2v) is 40.8. The lowest BCUT2D eigenvalue weighted by Gasteiger charge is -2.70. The van der Waals surface area contributed by atoms with Crippen LogP contribution in [0.15, 0.2) is 139 Å². The number of ketones is 3. The van der Waals surface area contributed by atoms with Crippen LogP contribution in [0.4, 0.5) is 0 Å². The molecule has 0 aromatic rings. The number of fused-ring (bicyclic) bond motifs is 21. The molecule has 0 radical (unpaired) electrons. The molecule has 18 atom stereocenters. The molecule has 15 rings (SSSR count). The number of aliphatic carboxylic acids is 1. The van der Waals surface area contributed by atoms with E-state index >= 15 is 0 Å². The smallest absolute Gasteiger partial charge is 0.309 e. The lowest BCUT2D eigenvalue weighted by Crippen LogP contribution is -2.62. The van der Waals surface area contributed by atoms with E-state index in [0.717, 1.165) is 129 Å². The molecule has 102 heavy (non-hydrogen) atoms. The van der Waals surface area contributed by atoms with E-state index in [9.17, 15) is 44.4 Å². The predicted molar refractivity (Wildman–Crippen MR) is 408 cm³/mol. The van der Waals surface area contributed by atoms with E-state index in [2.05, 4.69) is 152 Å². The highest BCUT2D eigenvalue weighted by molar-refractivity contribution is 6.08. The second-order valence-electron chi connectivity index (χ2n) is 40.8. The summed E-state index contributed by atoms with van der Waals surface area (Å²) in [7, 11) is 8.23. The topological polar surface area (TPSA) is 173 Å². The summed E-state index contributed by atoms with van der Waals surface area (Å²) in [6.07, 6.45) is 41.4. The fourth-order valence-electron chi connectivity index (χ4n) is 27.3. The Balaban J connectivity index is 0.000000137. The molecule has 0 aromatic heterocycles. The molecule has 11 nitrogen and oxygen atoms in total. The normalized spacial score (nSPS) is 45.9. The van der Waals surface area contributed by atoms with Gasteiger partial charge in [0, 0.05) is 59.0 Å². The van der Waals surface area contributed by atoms with E-state index in [-0.39, 0.29) is 106 Å². The number of aliphatic hydroxyl groups excluding tert-OH is 3. The molecule has 0 bridgehead atoms. The van der Waals surface area contributed by atoms with Crippen LogP contribution in [0.25, 0.3) is 0 Å². The van der Waals surface area contributed by atoms with Gasteiger partial charge in [-0.15, -0.1) is 0 Å². The number of carbonyl (C=O) groups excluding carboxylic acids is 4. The first-order valence-corrected chi connectivity index (χ1v) is 39.4. The second kappa shape index (κ2) is 23.3. The summed E-state index contributed by atoms with van der Waals surface area (Å²) in [5.41, 5.74) is 12.9. The number of allylic oxidation sites excluding steroid dienone is 21. The Morgan fingerprint density at radius 1 is 0.392 bits per heavy atom. The molecule has 0 aromatic carbocycles. The van der Waals surface area contributed by atoms with Crippen LogP contribution in [0.1, 0.15) is 259 Å². The van der Waals surface area contributed by atoms with Gasteiger partial charge in [-0.2, -0.15) is 0 Å². The zero-order valence-electron chi connectivity index (χ0n) is 66.7. The van der Waals surface area contributed by atoms with Crippen LogP contribution >= 0.6 is 0 Å². The van der Waals surface area contributed by atoms with Gasteiger partial charge in [0.25, 0.3) is 0 Å². The molecule has 0 heterocycles. The van der Waals surface area contributed by atoms with Crippen LogP contribution in [0.3, 0.4) is 0 Å². The summed E-state index contributed by atoms with van der Waals surface area (Å²) >= 11 is 0. The fraction of sp³-hybridized carbons (Fsp3) is 0.681. The number of nitrogens with zero attached hydrogens (tertiary/aromatic N) is 2. The van der Waals surface area contributed by atoms with Crippen molar-refractivity contribution in [2.75, 3.05) is 34.7 Å². The van der Waals surface area contributed by atoms with E-state index in [4.69, 9.17) is 0 Å². The van der Waals surface area contributed by atoms with Crippen molar-refractivity contribution >= 4 is 29.2 Å². The van der Waals surface area contributed by atoms with Gasteiger partial charge in [0.1, 0.15) is 0 Å². The molecule has 0 unspecified atom stereocenters. The number of carboxylic acids is 1. The number of carboxylic acid groups (broad SMARTS) is 1. The zero-order chi connectivity index (χ0) is 74.9. The molecular formula is C91H126N2O9. The van der Waals surface area contributed by atoms with Crippen LogP contribution in [0.2, 0.25) is 0 Å².